The van der Waals surface area contributed by atoms with Crippen molar-refractivity contribution < 1.29 is 14.3 Å². The number of aromatic amines is 1. The summed E-state index contributed by atoms with van der Waals surface area (Å²) >= 11 is 0. The summed E-state index contributed by atoms with van der Waals surface area (Å²) in [5, 5.41) is 2.56. The van der Waals surface area contributed by atoms with Crippen LogP contribution in [0.2, 0.25) is 0 Å². The first-order chi connectivity index (χ1) is 18.0. The van der Waals surface area contributed by atoms with Crippen LogP contribution in [0.1, 0.15) is 53.8 Å². The molecule has 3 atom stereocenters. The van der Waals surface area contributed by atoms with Gasteiger partial charge in [-0.3, -0.25) is 9.59 Å². The van der Waals surface area contributed by atoms with E-state index < -0.39 is 12.0 Å². The topological polar surface area (TPSA) is 92.4 Å². The number of nitrogens with zero attached hydrogens (tertiary/aromatic N) is 2. The highest BCUT2D eigenvalue weighted by Crippen LogP contribution is 2.41. The number of ether oxygens (including phenoxy) is 1. The zero-order valence-corrected chi connectivity index (χ0v) is 20.8. The summed E-state index contributed by atoms with van der Waals surface area (Å²) < 4.78 is 5.68. The van der Waals surface area contributed by atoms with Crippen LogP contribution >= 0.6 is 0 Å². The first-order valence-electron chi connectivity index (χ1n) is 13.0. The number of aryl methyl sites for hydroxylation is 1. The number of esters is 1. The number of likely N-dealkylation sites (tertiary alicyclic amines) is 1. The van der Waals surface area contributed by atoms with Crippen LogP contribution in [0.25, 0.3) is 21.7 Å². The number of carbonyl (C=O) groups excluding carboxylic acids is 2. The van der Waals surface area contributed by atoms with E-state index in [0.717, 1.165) is 42.0 Å². The van der Waals surface area contributed by atoms with Crippen LogP contribution in [0.5, 0.6) is 0 Å². The molecule has 2 heterocycles. The first-order valence-corrected chi connectivity index (χ1v) is 13.0. The molecule has 7 nitrogen and oxygen atoms in total. The van der Waals surface area contributed by atoms with E-state index in [-0.39, 0.29) is 30.0 Å². The molecule has 0 radical (unpaired) electrons. The second-order valence-corrected chi connectivity index (χ2v) is 10.2. The zero-order chi connectivity index (χ0) is 25.5. The van der Waals surface area contributed by atoms with Gasteiger partial charge in [0.25, 0.3) is 11.5 Å². The molecular formula is C30H29N3O4. The molecule has 7 heteroatoms. The molecule has 1 amide bonds. The van der Waals surface area contributed by atoms with E-state index in [4.69, 9.17) is 4.74 Å². The second kappa shape index (κ2) is 9.47. The van der Waals surface area contributed by atoms with Gasteiger partial charge in [0.05, 0.1) is 10.9 Å². The van der Waals surface area contributed by atoms with Crippen molar-refractivity contribution in [2.45, 2.75) is 57.7 Å². The van der Waals surface area contributed by atoms with E-state index in [1.54, 1.807) is 11.0 Å². The van der Waals surface area contributed by atoms with Gasteiger partial charge in [0.2, 0.25) is 0 Å². The summed E-state index contributed by atoms with van der Waals surface area (Å²) in [5.74, 6) is 0.00552. The minimum Gasteiger partial charge on any atom is -0.456 e. The lowest BCUT2D eigenvalue weighted by Gasteiger charge is -2.33. The molecule has 188 valence electrons. The molecule has 3 aromatic carbocycles. The SMILES string of the molecule is Cc1cccc2c(=O)[nH]c(COC(=O)[C@@H]3C[C@@H]4CCCC[C@@H]4N3C(=O)c3ccc4ccccc4c3)nc12. The largest absolute Gasteiger partial charge is 0.456 e. The molecule has 1 saturated carbocycles. The van der Waals surface area contributed by atoms with Crippen molar-refractivity contribution in [3.8, 4) is 0 Å². The van der Waals surface area contributed by atoms with Gasteiger partial charge in [-0.1, -0.05) is 55.3 Å². The fourth-order valence-corrected chi connectivity index (χ4v) is 6.09. The Kier molecular flexibility index (Phi) is 5.99. The van der Waals surface area contributed by atoms with Crippen LogP contribution in [0, 0.1) is 12.8 Å². The normalized spacial score (nSPS) is 21.2. The highest BCUT2D eigenvalue weighted by molar-refractivity contribution is 6.00. The van der Waals surface area contributed by atoms with Crippen LogP contribution in [0.15, 0.2) is 65.5 Å². The Bertz CT molecular complexity index is 1580. The number of fused-ring (bicyclic) bond motifs is 3. The van der Waals surface area contributed by atoms with E-state index in [2.05, 4.69) is 9.97 Å². The number of amides is 1. The predicted molar refractivity (Wildman–Crippen MR) is 141 cm³/mol. The van der Waals surface area contributed by atoms with Gasteiger partial charge in [-0.25, -0.2) is 9.78 Å². The summed E-state index contributed by atoms with van der Waals surface area (Å²) in [6.45, 7) is 1.74. The van der Waals surface area contributed by atoms with E-state index in [1.807, 2.05) is 61.5 Å². The molecule has 4 aromatic rings. The average Bonchev–Trinajstić information content (AvgIpc) is 3.31. The average molecular weight is 496 g/mol. The van der Waals surface area contributed by atoms with Gasteiger partial charge < -0.3 is 14.6 Å². The predicted octanol–water partition coefficient (Wildman–Crippen LogP) is 4.90. The number of benzene rings is 3. The van der Waals surface area contributed by atoms with Gasteiger partial charge in [0.15, 0.2) is 0 Å². The number of rotatable bonds is 4. The summed E-state index contributed by atoms with van der Waals surface area (Å²) in [6, 6.07) is 18.4. The van der Waals surface area contributed by atoms with Crippen LogP contribution in [-0.2, 0) is 16.1 Å². The summed E-state index contributed by atoms with van der Waals surface area (Å²) in [6.07, 6.45) is 4.67. The molecule has 1 aliphatic heterocycles. The third-order valence-corrected chi connectivity index (χ3v) is 7.93. The monoisotopic (exact) mass is 495 g/mol. The Morgan fingerprint density at radius 1 is 1.03 bits per heavy atom. The third-order valence-electron chi connectivity index (χ3n) is 7.93. The fourth-order valence-electron chi connectivity index (χ4n) is 6.09. The minimum absolute atomic E-state index is 0.0338. The van der Waals surface area contributed by atoms with Gasteiger partial charge in [0, 0.05) is 11.6 Å². The summed E-state index contributed by atoms with van der Waals surface area (Å²) in [4.78, 5) is 48.8. The molecule has 0 unspecified atom stereocenters. The first kappa shape index (κ1) is 23.4. The van der Waals surface area contributed by atoms with Crippen LogP contribution < -0.4 is 5.56 Å². The Morgan fingerprint density at radius 2 is 1.84 bits per heavy atom. The number of hydrogen-bond acceptors (Lipinski definition) is 5. The van der Waals surface area contributed by atoms with Gasteiger partial charge in [-0.2, -0.15) is 0 Å². The quantitative estimate of drug-likeness (QED) is 0.407. The molecule has 0 bridgehead atoms. The third kappa shape index (κ3) is 4.28. The number of carbonyl (C=O) groups is 2. The molecular weight excluding hydrogens is 466 g/mol. The molecule has 2 aliphatic rings. The number of nitrogens with one attached hydrogen (secondary N) is 1. The van der Waals surface area contributed by atoms with Crippen molar-refractivity contribution in [3.05, 3.63) is 88.0 Å². The number of hydrogen-bond donors (Lipinski definition) is 1. The smallest absolute Gasteiger partial charge is 0.329 e. The molecule has 6 rings (SSSR count). The van der Waals surface area contributed by atoms with Gasteiger partial charge >= 0.3 is 5.97 Å². The van der Waals surface area contributed by atoms with Gasteiger partial charge in [-0.15, -0.1) is 0 Å². The van der Waals surface area contributed by atoms with E-state index in [0.29, 0.717) is 28.7 Å². The second-order valence-electron chi connectivity index (χ2n) is 10.2. The maximum Gasteiger partial charge on any atom is 0.329 e. The van der Waals surface area contributed by atoms with E-state index in [1.165, 1.54) is 0 Å². The molecule has 2 fully saturated rings. The van der Waals surface area contributed by atoms with E-state index >= 15 is 0 Å². The van der Waals surface area contributed by atoms with Crippen molar-refractivity contribution in [2.75, 3.05) is 0 Å². The van der Waals surface area contributed by atoms with Crippen molar-refractivity contribution in [3.63, 3.8) is 0 Å². The standard InChI is InChI=1S/C30H29N3O4/c1-18-7-6-11-23-27(18)31-26(32-28(23)34)17-37-30(36)25-16-21-10-4-5-12-24(21)33(25)29(35)22-14-13-19-8-2-3-9-20(19)15-22/h2-3,6-9,11,13-15,21,24-25H,4-5,10,12,16-17H2,1H3,(H,31,32,34)/t21-,24-,25-/m0/s1. The number of H-pyrrole nitrogens is 1. The lowest BCUT2D eigenvalue weighted by Crippen LogP contribution is -2.46. The van der Waals surface area contributed by atoms with Gasteiger partial charge in [-0.05, 0) is 66.6 Å². The van der Waals surface area contributed by atoms with Crippen molar-refractivity contribution in [1.82, 2.24) is 14.9 Å². The van der Waals surface area contributed by atoms with Crippen molar-refractivity contribution >= 4 is 33.6 Å². The zero-order valence-electron chi connectivity index (χ0n) is 20.8. The Labute approximate surface area is 214 Å². The lowest BCUT2D eigenvalue weighted by atomic mass is 9.84. The maximum absolute atomic E-state index is 13.8. The van der Waals surface area contributed by atoms with Crippen LogP contribution in [0.3, 0.4) is 0 Å². The number of aromatic nitrogens is 2. The molecule has 1 saturated heterocycles. The highest BCUT2D eigenvalue weighted by Gasteiger charge is 2.48. The molecule has 1 N–H and O–H groups in total. The Balaban J connectivity index is 1.26. The molecule has 0 spiro atoms. The highest BCUT2D eigenvalue weighted by atomic mass is 16.5. The fraction of sp³-hybridized carbons (Fsp3) is 0.333. The van der Waals surface area contributed by atoms with E-state index in [9.17, 15) is 14.4 Å². The summed E-state index contributed by atoms with van der Waals surface area (Å²) in [7, 11) is 0. The Hall–Kier alpha value is -4.00. The minimum atomic E-state index is -0.652. The molecule has 1 aliphatic carbocycles. The maximum atomic E-state index is 13.8. The van der Waals surface area contributed by atoms with Crippen LogP contribution in [0.4, 0.5) is 0 Å². The molecule has 37 heavy (non-hydrogen) atoms. The Morgan fingerprint density at radius 3 is 2.70 bits per heavy atom. The molecule has 1 aromatic heterocycles. The van der Waals surface area contributed by atoms with Crippen molar-refractivity contribution in [2.24, 2.45) is 5.92 Å². The lowest BCUT2D eigenvalue weighted by molar-refractivity contribution is -0.150. The van der Waals surface area contributed by atoms with Crippen LogP contribution in [-0.4, -0.2) is 38.8 Å². The summed E-state index contributed by atoms with van der Waals surface area (Å²) in [5.41, 5.74) is 1.79. The number of para-hydroxylation sites is 1. The van der Waals surface area contributed by atoms with Crippen molar-refractivity contribution in [1.29, 1.82) is 0 Å². The van der Waals surface area contributed by atoms with Gasteiger partial charge in [0.1, 0.15) is 18.5 Å².